The van der Waals surface area contributed by atoms with E-state index in [0.717, 1.165) is 4.48 Å². The number of rotatable bonds is 0. The molecule has 0 atom stereocenters. The molecule has 0 N–H and O–H groups in total. The average molecular weight is 495 g/mol. The molecule has 0 aromatic heterocycles. The summed E-state index contributed by atoms with van der Waals surface area (Å²) in [4.78, 5) is 0. The summed E-state index contributed by atoms with van der Waals surface area (Å²) in [6, 6.07) is 0. The second kappa shape index (κ2) is 50.1. The van der Waals surface area contributed by atoms with Crippen molar-refractivity contribution in [3.05, 3.63) is 39.9 Å². The van der Waals surface area contributed by atoms with Crippen LogP contribution in [-0.4, -0.2) is 38.9 Å². The Balaban J connectivity index is -0.0000000186. The molecule has 0 aliphatic carbocycles. The van der Waals surface area contributed by atoms with Gasteiger partial charge in [-0.3, -0.25) is 0 Å². The first-order chi connectivity index (χ1) is 9.56. The molecule has 2 radical (unpaired) electrons. The first-order valence-corrected chi connectivity index (χ1v) is 3.83. The van der Waals surface area contributed by atoms with Gasteiger partial charge in [-0.2, -0.15) is 13.2 Å². The predicted octanol–water partition coefficient (Wildman–Crippen LogP) is 0.0801. The first-order valence-electron chi connectivity index (χ1n) is 3.83. The zero-order valence-corrected chi connectivity index (χ0v) is 14.9. The van der Waals surface area contributed by atoms with E-state index in [-0.39, 0.29) is 27.7 Å². The van der Waals surface area contributed by atoms with Crippen molar-refractivity contribution in [3.8, 4) is 0 Å². The van der Waals surface area contributed by atoms with Gasteiger partial charge in [0.1, 0.15) is 0 Å². The van der Waals surface area contributed by atoms with Crippen molar-refractivity contribution in [2.24, 2.45) is 0 Å². The van der Waals surface area contributed by atoms with Gasteiger partial charge in [0.05, 0.1) is 28.2 Å². The smallest absolute Gasteiger partial charge is 0.378 e. The Morgan fingerprint density at radius 2 is 0.773 bits per heavy atom. The fraction of sp³-hybridized carbons (Fsp3) is 0.455. The van der Waals surface area contributed by atoms with E-state index in [0.29, 0.717) is 0 Å². The first kappa shape index (κ1) is 49.7. The fourth-order valence-electron chi connectivity index (χ4n) is 0. The molecule has 0 aromatic rings. The number of quaternary nitrogens is 1. The molecule has 22 heavy (non-hydrogen) atoms. The summed E-state index contributed by atoms with van der Waals surface area (Å²) in [5.41, 5.74) is 0. The maximum atomic E-state index is 10.4. The second-order valence-corrected chi connectivity index (χ2v) is 3.28. The largest absolute Gasteiger partial charge is 0.844 e. The van der Waals surface area contributed by atoms with Gasteiger partial charge in [0.15, 0.2) is 0 Å². The van der Waals surface area contributed by atoms with Crippen molar-refractivity contribution >= 4 is 0 Å². The molecule has 0 bridgehead atoms. The van der Waals surface area contributed by atoms with Crippen LogP contribution in [0, 0.1) is 39.9 Å². The van der Waals surface area contributed by atoms with Crippen molar-refractivity contribution in [2.75, 3.05) is 28.2 Å². The van der Waals surface area contributed by atoms with Crippen molar-refractivity contribution in [3.63, 3.8) is 0 Å². The van der Waals surface area contributed by atoms with Crippen LogP contribution >= 0.6 is 0 Å². The SMILES string of the molecule is C[N+](C)(C)C.[C-]#[O+].[C-]#[O+].[C-]#[O+].[C-]#[O+].[C-]#[O+].[O-][C]C(F)(F)F.[W]. The fourth-order valence-corrected chi connectivity index (χ4v) is 0. The molecular weight excluding hydrogens is 483 g/mol. The Bertz CT molecular complexity index is 225. The molecule has 0 heterocycles. The van der Waals surface area contributed by atoms with Crippen LogP contribution in [0.3, 0.4) is 0 Å². The van der Waals surface area contributed by atoms with Crippen LogP contribution in [0.15, 0.2) is 0 Å². The van der Waals surface area contributed by atoms with E-state index in [2.05, 4.69) is 61.4 Å². The van der Waals surface area contributed by atoms with Gasteiger partial charge >= 0.3 is 62.7 Å². The van der Waals surface area contributed by atoms with Crippen molar-refractivity contribution < 1.29 is 67.1 Å². The molecule has 0 saturated carbocycles. The zero-order valence-electron chi connectivity index (χ0n) is 11.9. The minimum atomic E-state index is -4.76. The van der Waals surface area contributed by atoms with E-state index in [1.807, 2.05) is 0 Å². The van der Waals surface area contributed by atoms with Gasteiger partial charge in [-0.15, -0.1) is 0 Å². The maximum absolute atomic E-state index is 10.4. The van der Waals surface area contributed by atoms with E-state index in [1.54, 1.807) is 0 Å². The maximum Gasteiger partial charge on any atom is 0.378 e. The Kier molecular flexibility index (Phi) is 113. The molecular formula is C11H12F3NO6W. The normalized spacial score (nSPS) is 6.45. The van der Waals surface area contributed by atoms with Crippen molar-refractivity contribution in [1.82, 2.24) is 0 Å². The topological polar surface area (TPSA) is 123 Å². The van der Waals surface area contributed by atoms with Gasteiger partial charge in [0.25, 0.3) is 0 Å². The molecule has 0 unspecified atom stereocenters. The summed E-state index contributed by atoms with van der Waals surface area (Å²) in [5, 5.41) is 8.58. The number of hydrogen-bond donors (Lipinski definition) is 0. The summed E-state index contributed by atoms with van der Waals surface area (Å²) >= 11 is 0. The van der Waals surface area contributed by atoms with Crippen LogP contribution in [0.1, 0.15) is 0 Å². The van der Waals surface area contributed by atoms with Crippen LogP contribution < -0.4 is 5.11 Å². The van der Waals surface area contributed by atoms with E-state index in [9.17, 15) is 13.2 Å². The molecule has 0 aliphatic rings. The third-order valence-electron chi connectivity index (χ3n) is 0.116. The van der Waals surface area contributed by atoms with Crippen LogP contribution in [-0.2, 0) is 44.3 Å². The average Bonchev–Trinajstić information content (AvgIpc) is 2.47. The standard InChI is InChI=1S/C4H12N.C2F3O.5CO.W/c1-5(2,3)4;3-2(4,5)1-6;5*1-2;/h1-4H3;;;;;;;/q+1;-1;;;;;;. The Morgan fingerprint density at radius 3 is 0.773 bits per heavy atom. The number of nitrogens with zero attached hydrogens (tertiary/aromatic N) is 1. The minimum Gasteiger partial charge on any atom is -0.844 e. The molecule has 7 nitrogen and oxygen atoms in total. The molecule has 0 amide bonds. The monoisotopic (exact) mass is 495 g/mol. The molecule has 0 saturated heterocycles. The Morgan fingerprint density at radius 1 is 0.727 bits per heavy atom. The zero-order chi connectivity index (χ0) is 19.7. The summed E-state index contributed by atoms with van der Waals surface area (Å²) in [6.45, 7) is 22.4. The van der Waals surface area contributed by atoms with Crippen LogP contribution in [0.5, 0.6) is 0 Å². The Labute approximate surface area is 141 Å². The molecule has 0 aromatic carbocycles. The molecule has 0 aliphatic heterocycles. The summed E-state index contributed by atoms with van der Waals surface area (Å²) in [6.07, 6.45) is -4.76. The van der Waals surface area contributed by atoms with Gasteiger partial charge in [-0.1, -0.05) is 0 Å². The van der Waals surface area contributed by atoms with E-state index < -0.39 is 6.18 Å². The summed E-state index contributed by atoms with van der Waals surface area (Å²) in [7, 11) is 8.50. The molecule has 0 fully saturated rings. The van der Waals surface area contributed by atoms with Crippen molar-refractivity contribution in [2.45, 2.75) is 6.18 Å². The van der Waals surface area contributed by atoms with E-state index in [1.165, 1.54) is 0 Å². The second-order valence-electron chi connectivity index (χ2n) is 3.28. The number of alkyl halides is 3. The van der Waals surface area contributed by atoms with Gasteiger partial charge in [-0.25, -0.2) is 0 Å². The van der Waals surface area contributed by atoms with Gasteiger partial charge in [0, 0.05) is 21.1 Å². The molecule has 124 valence electrons. The third kappa shape index (κ3) is 1420. The van der Waals surface area contributed by atoms with Crippen molar-refractivity contribution in [1.29, 1.82) is 0 Å². The molecule has 11 heteroatoms. The van der Waals surface area contributed by atoms with Gasteiger partial charge < -0.3 is 9.59 Å². The quantitative estimate of drug-likeness (QED) is 0.264. The third-order valence-corrected chi connectivity index (χ3v) is 0.116. The van der Waals surface area contributed by atoms with Gasteiger partial charge in [0.2, 0.25) is 0 Å². The van der Waals surface area contributed by atoms with Crippen LogP contribution in [0.25, 0.3) is 0 Å². The molecule has 0 rings (SSSR count). The Hall–Kier alpha value is -0.902. The number of halogens is 3. The predicted molar refractivity (Wildman–Crippen MR) is 52.9 cm³/mol. The number of hydrogen-bond acceptors (Lipinski definition) is 1. The van der Waals surface area contributed by atoms with Crippen LogP contribution in [0.4, 0.5) is 13.2 Å². The summed E-state index contributed by atoms with van der Waals surface area (Å²) in [5.74, 6) is 0. The van der Waals surface area contributed by atoms with E-state index in [4.69, 9.17) is 28.4 Å². The summed E-state index contributed by atoms with van der Waals surface area (Å²) < 4.78 is 69.6. The minimum absolute atomic E-state index is 0. The van der Waals surface area contributed by atoms with Crippen LogP contribution in [0.2, 0.25) is 0 Å². The van der Waals surface area contributed by atoms with E-state index >= 15 is 0 Å². The van der Waals surface area contributed by atoms with Gasteiger partial charge in [-0.05, 0) is 6.61 Å². The molecule has 0 spiro atoms.